The number of nitrogens with zero attached hydrogens (tertiary/aromatic N) is 2. The Kier molecular flexibility index (Phi) is 1.85. The topological polar surface area (TPSA) is 80.6 Å². The Balaban J connectivity index is 2.58. The summed E-state index contributed by atoms with van der Waals surface area (Å²) in [4.78, 5) is 14.4. The lowest BCUT2D eigenvalue weighted by molar-refractivity contribution is -0.136. The van der Waals surface area contributed by atoms with Crippen molar-refractivity contribution < 1.29 is 9.90 Å². The van der Waals surface area contributed by atoms with Crippen molar-refractivity contribution in [2.75, 3.05) is 5.73 Å². The van der Waals surface area contributed by atoms with E-state index < -0.39 is 5.97 Å². The Hall–Kier alpha value is -2.04. The Morgan fingerprint density at radius 1 is 1.57 bits per heavy atom. The van der Waals surface area contributed by atoms with E-state index in [0.717, 1.165) is 5.52 Å². The van der Waals surface area contributed by atoms with E-state index in [-0.39, 0.29) is 6.42 Å². The molecule has 2 aromatic heterocycles. The molecule has 5 heteroatoms. The largest absolute Gasteiger partial charge is 0.481 e. The van der Waals surface area contributed by atoms with Crippen molar-refractivity contribution in [2.24, 2.45) is 0 Å². The molecule has 0 unspecified atom stereocenters. The number of aliphatic carboxylic acids is 1. The van der Waals surface area contributed by atoms with Gasteiger partial charge in [-0.2, -0.15) is 0 Å². The van der Waals surface area contributed by atoms with E-state index in [1.54, 1.807) is 28.9 Å². The average Bonchev–Trinajstić information content (AvgIpc) is 2.49. The highest BCUT2D eigenvalue weighted by atomic mass is 16.4. The van der Waals surface area contributed by atoms with Crippen LogP contribution in [0.1, 0.15) is 5.69 Å². The SMILES string of the molecule is Nc1nccn2c(CC(=O)O)ccc12. The van der Waals surface area contributed by atoms with Crippen LogP contribution in [0.5, 0.6) is 0 Å². The zero-order valence-corrected chi connectivity index (χ0v) is 7.34. The van der Waals surface area contributed by atoms with Crippen LogP contribution in [0.2, 0.25) is 0 Å². The number of anilines is 1. The van der Waals surface area contributed by atoms with Gasteiger partial charge >= 0.3 is 5.97 Å². The van der Waals surface area contributed by atoms with E-state index in [2.05, 4.69) is 4.98 Å². The molecule has 5 nitrogen and oxygen atoms in total. The lowest BCUT2D eigenvalue weighted by atomic mass is 10.3. The van der Waals surface area contributed by atoms with Crippen molar-refractivity contribution in [3.63, 3.8) is 0 Å². The summed E-state index contributed by atoms with van der Waals surface area (Å²) < 4.78 is 1.73. The van der Waals surface area contributed by atoms with Crippen LogP contribution in [0.4, 0.5) is 5.82 Å². The summed E-state index contributed by atoms with van der Waals surface area (Å²) in [6.07, 6.45) is 3.23. The summed E-state index contributed by atoms with van der Waals surface area (Å²) in [5.74, 6) is -0.454. The lowest BCUT2D eigenvalue weighted by Crippen LogP contribution is -2.04. The molecule has 0 saturated heterocycles. The maximum atomic E-state index is 10.5. The first-order valence-electron chi connectivity index (χ1n) is 4.10. The van der Waals surface area contributed by atoms with E-state index in [4.69, 9.17) is 10.8 Å². The summed E-state index contributed by atoms with van der Waals surface area (Å²) in [6, 6.07) is 3.50. The summed E-state index contributed by atoms with van der Waals surface area (Å²) in [5.41, 5.74) is 7.06. The van der Waals surface area contributed by atoms with E-state index in [0.29, 0.717) is 11.5 Å². The van der Waals surface area contributed by atoms with Crippen molar-refractivity contribution in [3.8, 4) is 0 Å². The number of carboxylic acids is 1. The van der Waals surface area contributed by atoms with E-state index in [1.807, 2.05) is 0 Å². The molecule has 72 valence electrons. The van der Waals surface area contributed by atoms with Crippen LogP contribution in [0.3, 0.4) is 0 Å². The molecule has 3 N–H and O–H groups in total. The first-order chi connectivity index (χ1) is 6.68. The van der Waals surface area contributed by atoms with Gasteiger partial charge in [0.1, 0.15) is 5.82 Å². The van der Waals surface area contributed by atoms with E-state index in [9.17, 15) is 4.79 Å². The third-order valence-corrected chi connectivity index (χ3v) is 2.03. The molecule has 2 aromatic rings. The highest BCUT2D eigenvalue weighted by Crippen LogP contribution is 2.14. The van der Waals surface area contributed by atoms with Gasteiger partial charge in [-0.15, -0.1) is 0 Å². The smallest absolute Gasteiger partial charge is 0.309 e. The highest BCUT2D eigenvalue weighted by molar-refractivity contribution is 5.72. The zero-order chi connectivity index (χ0) is 10.1. The molecule has 2 rings (SSSR count). The quantitative estimate of drug-likeness (QED) is 0.726. The maximum absolute atomic E-state index is 10.5. The first kappa shape index (κ1) is 8.55. The number of hydrogen-bond acceptors (Lipinski definition) is 3. The third-order valence-electron chi connectivity index (χ3n) is 2.03. The fourth-order valence-corrected chi connectivity index (χ4v) is 1.42. The van der Waals surface area contributed by atoms with Gasteiger partial charge < -0.3 is 15.2 Å². The van der Waals surface area contributed by atoms with Crippen molar-refractivity contribution in [1.29, 1.82) is 0 Å². The Morgan fingerprint density at radius 3 is 3.07 bits per heavy atom. The summed E-state index contributed by atoms with van der Waals surface area (Å²) in [5, 5.41) is 8.65. The molecule has 0 saturated carbocycles. The number of nitrogen functional groups attached to an aromatic ring is 1. The minimum Gasteiger partial charge on any atom is -0.481 e. The molecular weight excluding hydrogens is 182 g/mol. The lowest BCUT2D eigenvalue weighted by Gasteiger charge is -2.00. The molecule has 0 aliphatic carbocycles. The number of hydrogen-bond donors (Lipinski definition) is 2. The standard InChI is InChI=1S/C9H9N3O2/c10-9-7-2-1-6(5-8(13)14)12(7)4-3-11-9/h1-4H,5H2,(H2,10,11)(H,13,14). The van der Waals surface area contributed by atoms with Gasteiger partial charge in [-0.1, -0.05) is 0 Å². The molecular formula is C9H9N3O2. The van der Waals surface area contributed by atoms with Crippen molar-refractivity contribution in [2.45, 2.75) is 6.42 Å². The number of aromatic nitrogens is 2. The van der Waals surface area contributed by atoms with Crippen LogP contribution >= 0.6 is 0 Å². The van der Waals surface area contributed by atoms with Crippen molar-refractivity contribution in [3.05, 3.63) is 30.2 Å². The molecule has 0 aliphatic rings. The number of fused-ring (bicyclic) bond motifs is 1. The molecule has 0 amide bonds. The Labute approximate surface area is 79.8 Å². The molecule has 0 atom stereocenters. The fraction of sp³-hybridized carbons (Fsp3) is 0.111. The highest BCUT2D eigenvalue weighted by Gasteiger charge is 2.07. The van der Waals surface area contributed by atoms with Crippen LogP contribution in [0.15, 0.2) is 24.5 Å². The van der Waals surface area contributed by atoms with Crippen LogP contribution in [0.25, 0.3) is 5.52 Å². The van der Waals surface area contributed by atoms with Crippen LogP contribution in [-0.2, 0) is 11.2 Å². The fourth-order valence-electron chi connectivity index (χ4n) is 1.42. The zero-order valence-electron chi connectivity index (χ0n) is 7.34. The third kappa shape index (κ3) is 1.28. The summed E-state index contributed by atoms with van der Waals surface area (Å²) >= 11 is 0. The molecule has 14 heavy (non-hydrogen) atoms. The van der Waals surface area contributed by atoms with Crippen LogP contribution < -0.4 is 5.73 Å². The average molecular weight is 191 g/mol. The van der Waals surface area contributed by atoms with Crippen LogP contribution in [-0.4, -0.2) is 20.5 Å². The van der Waals surface area contributed by atoms with Crippen molar-refractivity contribution >= 4 is 17.3 Å². The molecule has 2 heterocycles. The minimum absolute atomic E-state index is 0.0163. The van der Waals surface area contributed by atoms with Gasteiger partial charge in [0.25, 0.3) is 0 Å². The molecule has 0 aromatic carbocycles. The van der Waals surface area contributed by atoms with E-state index >= 15 is 0 Å². The number of carbonyl (C=O) groups is 1. The molecule has 0 radical (unpaired) electrons. The minimum atomic E-state index is -0.861. The maximum Gasteiger partial charge on any atom is 0.309 e. The predicted molar refractivity (Wildman–Crippen MR) is 50.9 cm³/mol. The predicted octanol–water partition coefficient (Wildman–Crippen LogP) is 0.544. The Morgan fingerprint density at radius 2 is 2.36 bits per heavy atom. The second-order valence-electron chi connectivity index (χ2n) is 2.96. The second kappa shape index (κ2) is 3.02. The molecule has 0 fully saturated rings. The second-order valence-corrected chi connectivity index (χ2v) is 2.96. The number of rotatable bonds is 2. The van der Waals surface area contributed by atoms with Gasteiger partial charge in [-0.05, 0) is 12.1 Å². The molecule has 0 bridgehead atoms. The number of carboxylic acid groups (broad SMARTS) is 1. The Bertz CT molecular complexity index is 490. The van der Waals surface area contributed by atoms with Gasteiger partial charge in [0.15, 0.2) is 0 Å². The van der Waals surface area contributed by atoms with Gasteiger partial charge in [0.2, 0.25) is 0 Å². The normalized spacial score (nSPS) is 10.6. The molecule has 0 aliphatic heterocycles. The van der Waals surface area contributed by atoms with Gasteiger partial charge in [0.05, 0.1) is 11.9 Å². The number of nitrogens with two attached hydrogens (primary N) is 1. The first-order valence-corrected chi connectivity index (χ1v) is 4.10. The van der Waals surface area contributed by atoms with Crippen molar-refractivity contribution in [1.82, 2.24) is 9.38 Å². The van der Waals surface area contributed by atoms with Gasteiger partial charge in [-0.3, -0.25) is 4.79 Å². The molecule has 0 spiro atoms. The van der Waals surface area contributed by atoms with E-state index in [1.165, 1.54) is 0 Å². The van der Waals surface area contributed by atoms with Crippen LogP contribution in [0, 0.1) is 0 Å². The summed E-state index contributed by atoms with van der Waals surface area (Å²) in [7, 11) is 0. The van der Waals surface area contributed by atoms with Gasteiger partial charge in [-0.25, -0.2) is 4.98 Å². The summed E-state index contributed by atoms with van der Waals surface area (Å²) in [6.45, 7) is 0. The monoisotopic (exact) mass is 191 g/mol. The van der Waals surface area contributed by atoms with Gasteiger partial charge in [0, 0.05) is 18.1 Å².